The highest BCUT2D eigenvalue weighted by Gasteiger charge is 2.11. The third-order valence-corrected chi connectivity index (χ3v) is 2.33. The summed E-state index contributed by atoms with van der Waals surface area (Å²) in [6.45, 7) is 0. The quantitative estimate of drug-likeness (QED) is 0.767. The Kier molecular flexibility index (Phi) is 2.97. The summed E-state index contributed by atoms with van der Waals surface area (Å²) >= 11 is 5.76. The number of anilines is 2. The van der Waals surface area contributed by atoms with E-state index in [-0.39, 0.29) is 16.7 Å². The lowest BCUT2D eigenvalue weighted by molar-refractivity contribution is 0.102. The highest BCUT2D eigenvalue weighted by Crippen LogP contribution is 2.22. The minimum Gasteiger partial charge on any atom is -0.369 e. The molecule has 4 N–H and O–H groups in total. The van der Waals surface area contributed by atoms with Gasteiger partial charge in [0, 0.05) is 0 Å². The van der Waals surface area contributed by atoms with Crippen molar-refractivity contribution in [1.82, 2.24) is 9.97 Å². The van der Waals surface area contributed by atoms with Crippen LogP contribution < -0.4 is 11.1 Å². The van der Waals surface area contributed by atoms with Crippen molar-refractivity contribution in [2.24, 2.45) is 0 Å². The predicted molar refractivity (Wildman–Crippen MR) is 62.4 cm³/mol. The lowest BCUT2D eigenvalue weighted by Crippen LogP contribution is -2.12. The fourth-order valence-electron chi connectivity index (χ4n) is 1.23. The number of hydrogen-bond donors (Lipinski definition) is 3. The lowest BCUT2D eigenvalue weighted by Gasteiger charge is -2.05. The normalized spacial score (nSPS) is 10.2. The maximum absolute atomic E-state index is 12.8. The Bertz CT molecular complexity index is 569. The number of carbonyl (C=O) groups excluding carboxylic acids is 1. The van der Waals surface area contributed by atoms with Crippen molar-refractivity contribution in [1.29, 1.82) is 0 Å². The molecule has 2 aromatic rings. The summed E-state index contributed by atoms with van der Waals surface area (Å²) in [6.07, 6.45) is 1.29. The van der Waals surface area contributed by atoms with Gasteiger partial charge in [0.1, 0.15) is 11.5 Å². The number of rotatable bonds is 2. The number of aromatic nitrogens is 2. The van der Waals surface area contributed by atoms with Crippen LogP contribution >= 0.6 is 11.6 Å². The van der Waals surface area contributed by atoms with E-state index in [0.29, 0.717) is 5.69 Å². The van der Waals surface area contributed by atoms with E-state index in [9.17, 15) is 9.18 Å². The van der Waals surface area contributed by atoms with Crippen LogP contribution in [0.2, 0.25) is 5.02 Å². The van der Waals surface area contributed by atoms with Gasteiger partial charge in [-0.15, -0.1) is 0 Å². The van der Waals surface area contributed by atoms with E-state index in [1.165, 1.54) is 18.3 Å². The van der Waals surface area contributed by atoms with E-state index in [4.69, 9.17) is 17.3 Å². The summed E-state index contributed by atoms with van der Waals surface area (Å²) in [5.74, 6) is -0.790. The van der Waals surface area contributed by atoms with Crippen molar-refractivity contribution in [2.75, 3.05) is 11.1 Å². The first-order valence-corrected chi connectivity index (χ1v) is 5.01. The maximum atomic E-state index is 12.8. The van der Waals surface area contributed by atoms with Gasteiger partial charge in [0.2, 0.25) is 0 Å². The summed E-state index contributed by atoms with van der Waals surface area (Å²) in [5, 5.41) is 2.62. The van der Waals surface area contributed by atoms with E-state index in [2.05, 4.69) is 15.3 Å². The lowest BCUT2D eigenvalue weighted by atomic mass is 10.3. The number of H-pyrrole nitrogens is 1. The number of carbonyl (C=O) groups is 1. The molecule has 0 aliphatic carbocycles. The molecule has 0 saturated heterocycles. The molecule has 1 aromatic carbocycles. The van der Waals surface area contributed by atoms with Gasteiger partial charge in [-0.05, 0) is 18.2 Å². The molecule has 0 atom stereocenters. The Morgan fingerprint density at radius 2 is 2.29 bits per heavy atom. The molecule has 0 aliphatic heterocycles. The molecule has 5 nitrogen and oxygen atoms in total. The van der Waals surface area contributed by atoms with Gasteiger partial charge in [-0.1, -0.05) is 11.6 Å². The molecule has 1 aromatic heterocycles. The Hall–Kier alpha value is -2.08. The molecule has 0 unspecified atom stereocenters. The first kappa shape index (κ1) is 11.4. The number of benzene rings is 1. The molecule has 7 heteroatoms. The number of nitrogens with two attached hydrogens (primary N) is 1. The Morgan fingerprint density at radius 1 is 1.53 bits per heavy atom. The molecular weight excluding hydrogens is 247 g/mol. The van der Waals surface area contributed by atoms with E-state index in [1.54, 1.807) is 0 Å². The van der Waals surface area contributed by atoms with Gasteiger partial charge >= 0.3 is 0 Å². The van der Waals surface area contributed by atoms with Crippen LogP contribution in [0, 0.1) is 5.82 Å². The van der Waals surface area contributed by atoms with Gasteiger partial charge in [-0.2, -0.15) is 0 Å². The SMILES string of the molecule is Nc1ncc(C(=O)Nc2ccc(F)cc2Cl)[nH]1. The van der Waals surface area contributed by atoms with Crippen LogP contribution in [0.25, 0.3) is 0 Å². The average molecular weight is 255 g/mol. The Labute approximate surface area is 101 Å². The molecule has 1 heterocycles. The highest BCUT2D eigenvalue weighted by molar-refractivity contribution is 6.33. The number of aromatic amines is 1. The number of halogens is 2. The predicted octanol–water partition coefficient (Wildman–Crippen LogP) is 2.04. The topological polar surface area (TPSA) is 83.8 Å². The molecule has 88 valence electrons. The van der Waals surface area contributed by atoms with E-state index in [1.807, 2.05) is 0 Å². The van der Waals surface area contributed by atoms with Crippen molar-refractivity contribution < 1.29 is 9.18 Å². The summed E-state index contributed by atoms with van der Waals surface area (Å²) in [4.78, 5) is 17.9. The van der Waals surface area contributed by atoms with Gasteiger partial charge in [-0.3, -0.25) is 4.79 Å². The minimum atomic E-state index is -0.473. The Morgan fingerprint density at radius 3 is 2.88 bits per heavy atom. The molecule has 2 rings (SSSR count). The third-order valence-electron chi connectivity index (χ3n) is 2.02. The van der Waals surface area contributed by atoms with Gasteiger partial charge < -0.3 is 16.0 Å². The molecule has 0 bridgehead atoms. The Balaban J connectivity index is 2.18. The second-order valence-electron chi connectivity index (χ2n) is 3.26. The summed E-state index contributed by atoms with van der Waals surface area (Å²) < 4.78 is 12.8. The molecule has 0 radical (unpaired) electrons. The summed E-state index contributed by atoms with van der Waals surface area (Å²) in [5.41, 5.74) is 5.85. The number of imidazole rings is 1. The van der Waals surface area contributed by atoms with Crippen LogP contribution in [0.15, 0.2) is 24.4 Å². The van der Waals surface area contributed by atoms with Crippen LogP contribution in [0.5, 0.6) is 0 Å². The molecule has 0 aliphatic rings. The zero-order chi connectivity index (χ0) is 12.4. The number of hydrogen-bond acceptors (Lipinski definition) is 3. The molecule has 1 amide bonds. The first-order valence-electron chi connectivity index (χ1n) is 4.63. The van der Waals surface area contributed by atoms with Crippen LogP contribution in [-0.4, -0.2) is 15.9 Å². The fraction of sp³-hybridized carbons (Fsp3) is 0. The number of nitrogen functional groups attached to an aromatic ring is 1. The third kappa shape index (κ3) is 2.54. The molecule has 0 saturated carbocycles. The first-order chi connectivity index (χ1) is 8.06. The van der Waals surface area contributed by atoms with Crippen molar-refractivity contribution in [3.63, 3.8) is 0 Å². The molecule has 17 heavy (non-hydrogen) atoms. The summed E-state index contributed by atoms with van der Waals surface area (Å²) in [6, 6.07) is 3.68. The van der Waals surface area contributed by atoms with E-state index < -0.39 is 11.7 Å². The number of amides is 1. The number of nitrogens with one attached hydrogen (secondary N) is 2. The van der Waals surface area contributed by atoms with Gasteiger partial charge in [-0.25, -0.2) is 9.37 Å². The average Bonchev–Trinajstić information content (AvgIpc) is 2.69. The number of nitrogens with zero attached hydrogens (tertiary/aromatic N) is 1. The fourth-order valence-corrected chi connectivity index (χ4v) is 1.45. The van der Waals surface area contributed by atoms with Crippen LogP contribution in [0.3, 0.4) is 0 Å². The van der Waals surface area contributed by atoms with Crippen LogP contribution in [0.4, 0.5) is 16.0 Å². The van der Waals surface area contributed by atoms with Crippen molar-refractivity contribution in [3.8, 4) is 0 Å². The van der Waals surface area contributed by atoms with Gasteiger partial charge in [0.15, 0.2) is 5.95 Å². The molecule has 0 fully saturated rings. The van der Waals surface area contributed by atoms with E-state index >= 15 is 0 Å². The van der Waals surface area contributed by atoms with Gasteiger partial charge in [0.05, 0.1) is 16.9 Å². The van der Waals surface area contributed by atoms with Crippen molar-refractivity contribution in [2.45, 2.75) is 0 Å². The summed E-state index contributed by atoms with van der Waals surface area (Å²) in [7, 11) is 0. The zero-order valence-electron chi connectivity index (χ0n) is 8.50. The standard InChI is InChI=1S/C10H8ClFN4O/c11-6-3-5(12)1-2-7(6)15-9(17)8-4-14-10(13)16-8/h1-4H,(H,15,17)(H3,13,14,16). The van der Waals surface area contributed by atoms with Gasteiger partial charge in [0.25, 0.3) is 5.91 Å². The van der Waals surface area contributed by atoms with Crippen LogP contribution in [-0.2, 0) is 0 Å². The second kappa shape index (κ2) is 4.42. The maximum Gasteiger partial charge on any atom is 0.273 e. The monoisotopic (exact) mass is 254 g/mol. The van der Waals surface area contributed by atoms with Crippen molar-refractivity contribution in [3.05, 3.63) is 40.9 Å². The minimum absolute atomic E-state index is 0.117. The molecule has 0 spiro atoms. The second-order valence-corrected chi connectivity index (χ2v) is 3.67. The highest BCUT2D eigenvalue weighted by atomic mass is 35.5. The molecular formula is C10H8ClFN4O. The zero-order valence-corrected chi connectivity index (χ0v) is 9.25. The van der Waals surface area contributed by atoms with Crippen molar-refractivity contribution >= 4 is 29.1 Å². The largest absolute Gasteiger partial charge is 0.369 e. The van der Waals surface area contributed by atoms with Crippen LogP contribution in [0.1, 0.15) is 10.5 Å². The van der Waals surface area contributed by atoms with E-state index in [0.717, 1.165) is 6.07 Å². The smallest absolute Gasteiger partial charge is 0.273 e.